The number of hydrogen-bond donors (Lipinski definition) is 1. The number of piperazine rings is 1. The van der Waals surface area contributed by atoms with Crippen molar-refractivity contribution in [1.29, 1.82) is 0 Å². The average Bonchev–Trinajstić information content (AvgIpc) is 3.18. The number of nitrogens with one attached hydrogen (secondary N) is 1. The molecule has 1 saturated heterocycles. The molecule has 8 heteroatoms. The van der Waals surface area contributed by atoms with E-state index in [0.29, 0.717) is 31.1 Å². The van der Waals surface area contributed by atoms with Crippen LogP contribution in [-0.2, 0) is 0 Å². The Morgan fingerprint density at radius 3 is 2.48 bits per heavy atom. The van der Waals surface area contributed by atoms with Gasteiger partial charge in [0.1, 0.15) is 18.1 Å². The fourth-order valence-electron chi connectivity index (χ4n) is 3.49. The van der Waals surface area contributed by atoms with Gasteiger partial charge in [-0.2, -0.15) is 0 Å². The molecule has 0 spiro atoms. The van der Waals surface area contributed by atoms with Crippen LogP contribution in [0.4, 0.5) is 5.69 Å². The molecule has 0 saturated carbocycles. The third-order valence-corrected chi connectivity index (χ3v) is 5.14. The number of carbonyl (C=O) groups excluding carboxylic acids is 1. The van der Waals surface area contributed by atoms with Gasteiger partial charge in [-0.05, 0) is 24.3 Å². The molecule has 29 heavy (non-hydrogen) atoms. The second kappa shape index (κ2) is 8.32. The first-order valence-corrected chi connectivity index (χ1v) is 9.57. The molecule has 0 unspecified atom stereocenters. The van der Waals surface area contributed by atoms with E-state index in [2.05, 4.69) is 9.88 Å². The van der Waals surface area contributed by atoms with Crippen molar-refractivity contribution in [3.8, 4) is 5.75 Å². The van der Waals surface area contributed by atoms with Crippen LogP contribution in [0.1, 0.15) is 10.5 Å². The highest BCUT2D eigenvalue weighted by Crippen LogP contribution is 2.18. The van der Waals surface area contributed by atoms with E-state index >= 15 is 0 Å². The lowest BCUT2D eigenvalue weighted by atomic mass is 10.2. The van der Waals surface area contributed by atoms with Gasteiger partial charge in [0.2, 0.25) is 0 Å². The van der Waals surface area contributed by atoms with Gasteiger partial charge in [0.15, 0.2) is 0 Å². The van der Waals surface area contributed by atoms with Crippen LogP contribution in [0.3, 0.4) is 0 Å². The number of nitrogens with zero attached hydrogens (tertiary/aromatic N) is 3. The summed E-state index contributed by atoms with van der Waals surface area (Å²) in [6, 6.07) is 15.9. The number of amides is 1. The van der Waals surface area contributed by atoms with E-state index in [0.717, 1.165) is 30.5 Å². The lowest BCUT2D eigenvalue weighted by Crippen LogP contribution is -2.49. The molecule has 1 amide bonds. The monoisotopic (exact) mass is 394 g/mol. The van der Waals surface area contributed by atoms with Gasteiger partial charge in [0.05, 0.1) is 4.92 Å². The van der Waals surface area contributed by atoms with Crippen molar-refractivity contribution in [1.82, 2.24) is 14.8 Å². The number of hydrogen-bond acceptors (Lipinski definition) is 5. The number of ether oxygens (including phenoxy) is 1. The second-order valence-electron chi connectivity index (χ2n) is 7.00. The largest absolute Gasteiger partial charge is 0.492 e. The summed E-state index contributed by atoms with van der Waals surface area (Å²) in [4.78, 5) is 30.3. The Kier molecular flexibility index (Phi) is 5.44. The lowest BCUT2D eigenvalue weighted by molar-refractivity contribution is -0.384. The number of non-ortho nitro benzene ring substituents is 1. The number of H-pyrrole nitrogens is 1. The standard InChI is InChI=1S/C21H22N4O4/c26-21(20-15-16-3-1-2-4-19(16)22-20)24-11-9-23(10-12-24)13-14-29-18-7-5-17(6-8-18)25(27)28/h1-8,15,22H,9-14H2. The number of aromatic amines is 1. The predicted octanol–water partition coefficient (Wildman–Crippen LogP) is 2.91. The molecule has 2 aromatic carbocycles. The molecule has 4 rings (SSSR count). The molecule has 0 radical (unpaired) electrons. The minimum atomic E-state index is -0.430. The Hall–Kier alpha value is -3.39. The SMILES string of the molecule is O=C(c1cc2ccccc2[nH]1)N1CCN(CCOc2ccc([N+](=O)[O-])cc2)CC1. The number of nitro groups is 1. The zero-order valence-corrected chi connectivity index (χ0v) is 15.9. The van der Waals surface area contributed by atoms with E-state index in [9.17, 15) is 14.9 Å². The first-order valence-electron chi connectivity index (χ1n) is 9.57. The maximum Gasteiger partial charge on any atom is 0.270 e. The minimum Gasteiger partial charge on any atom is -0.492 e. The summed E-state index contributed by atoms with van der Waals surface area (Å²) >= 11 is 0. The number of benzene rings is 2. The third kappa shape index (κ3) is 4.38. The Balaban J connectivity index is 1.24. The molecule has 150 valence electrons. The summed E-state index contributed by atoms with van der Waals surface area (Å²) in [5.41, 5.74) is 1.65. The molecule has 0 aliphatic carbocycles. The molecule has 1 aliphatic heterocycles. The maximum absolute atomic E-state index is 12.8. The predicted molar refractivity (Wildman–Crippen MR) is 109 cm³/mol. The van der Waals surface area contributed by atoms with Gasteiger partial charge < -0.3 is 14.6 Å². The number of aromatic nitrogens is 1. The number of rotatable bonds is 6. The molecule has 1 aliphatic rings. The smallest absolute Gasteiger partial charge is 0.270 e. The number of nitro benzene ring substituents is 1. The van der Waals surface area contributed by atoms with Gasteiger partial charge in [-0.15, -0.1) is 0 Å². The fourth-order valence-corrected chi connectivity index (χ4v) is 3.49. The lowest BCUT2D eigenvalue weighted by Gasteiger charge is -2.34. The van der Waals surface area contributed by atoms with Gasteiger partial charge in [0.25, 0.3) is 11.6 Å². The molecular weight excluding hydrogens is 372 g/mol. The van der Waals surface area contributed by atoms with E-state index in [1.807, 2.05) is 35.2 Å². The average molecular weight is 394 g/mol. The van der Waals surface area contributed by atoms with E-state index in [1.165, 1.54) is 12.1 Å². The van der Waals surface area contributed by atoms with Crippen LogP contribution < -0.4 is 4.74 Å². The van der Waals surface area contributed by atoms with E-state index in [-0.39, 0.29) is 11.6 Å². The molecule has 0 atom stereocenters. The highest BCUT2D eigenvalue weighted by atomic mass is 16.6. The quantitative estimate of drug-likeness (QED) is 0.513. The molecule has 1 N–H and O–H groups in total. The van der Waals surface area contributed by atoms with E-state index in [4.69, 9.17) is 4.74 Å². The van der Waals surface area contributed by atoms with Crippen molar-refractivity contribution in [3.63, 3.8) is 0 Å². The van der Waals surface area contributed by atoms with Crippen LogP contribution >= 0.6 is 0 Å². The van der Waals surface area contributed by atoms with Crippen LogP contribution in [0.15, 0.2) is 54.6 Å². The Morgan fingerprint density at radius 2 is 1.79 bits per heavy atom. The highest BCUT2D eigenvalue weighted by Gasteiger charge is 2.23. The first kappa shape index (κ1) is 18.9. The zero-order valence-electron chi connectivity index (χ0n) is 15.9. The molecule has 8 nitrogen and oxygen atoms in total. The highest BCUT2D eigenvalue weighted by molar-refractivity contribution is 5.98. The summed E-state index contributed by atoms with van der Waals surface area (Å²) in [5.74, 6) is 0.645. The van der Waals surface area contributed by atoms with Crippen LogP contribution in [0.2, 0.25) is 0 Å². The number of fused-ring (bicyclic) bond motifs is 1. The van der Waals surface area contributed by atoms with E-state index < -0.39 is 4.92 Å². The second-order valence-corrected chi connectivity index (χ2v) is 7.00. The first-order chi connectivity index (χ1) is 14.1. The summed E-state index contributed by atoms with van der Waals surface area (Å²) in [6.45, 7) is 4.15. The number of carbonyl (C=O) groups is 1. The zero-order chi connectivity index (χ0) is 20.2. The van der Waals surface area contributed by atoms with Gasteiger partial charge in [0, 0.05) is 55.8 Å². The van der Waals surface area contributed by atoms with Crippen LogP contribution in [0.25, 0.3) is 10.9 Å². The molecule has 1 aromatic heterocycles. The van der Waals surface area contributed by atoms with Crippen LogP contribution in [-0.4, -0.2) is 64.9 Å². The third-order valence-electron chi connectivity index (χ3n) is 5.14. The summed E-state index contributed by atoms with van der Waals surface area (Å²) in [7, 11) is 0. The Bertz CT molecular complexity index is 974. The molecule has 0 bridgehead atoms. The van der Waals surface area contributed by atoms with Crippen molar-refractivity contribution < 1.29 is 14.5 Å². The number of para-hydroxylation sites is 1. The molecular formula is C21H22N4O4. The molecule has 1 fully saturated rings. The van der Waals surface area contributed by atoms with Crippen LogP contribution in [0.5, 0.6) is 5.75 Å². The van der Waals surface area contributed by atoms with E-state index in [1.54, 1.807) is 12.1 Å². The minimum absolute atomic E-state index is 0.0305. The van der Waals surface area contributed by atoms with Crippen molar-refractivity contribution in [3.05, 3.63) is 70.4 Å². The van der Waals surface area contributed by atoms with Gasteiger partial charge in [-0.25, -0.2) is 0 Å². The Labute approximate surface area is 167 Å². The summed E-state index contributed by atoms with van der Waals surface area (Å²) in [6.07, 6.45) is 0. The van der Waals surface area contributed by atoms with Crippen molar-refractivity contribution >= 4 is 22.5 Å². The van der Waals surface area contributed by atoms with Crippen LogP contribution in [0, 0.1) is 10.1 Å². The summed E-state index contributed by atoms with van der Waals surface area (Å²) < 4.78 is 5.67. The topological polar surface area (TPSA) is 91.7 Å². The van der Waals surface area contributed by atoms with Gasteiger partial charge in [-0.3, -0.25) is 19.8 Å². The maximum atomic E-state index is 12.8. The fraction of sp³-hybridized carbons (Fsp3) is 0.286. The van der Waals surface area contributed by atoms with Gasteiger partial charge in [-0.1, -0.05) is 18.2 Å². The molecule has 3 aromatic rings. The van der Waals surface area contributed by atoms with Gasteiger partial charge >= 0.3 is 0 Å². The Morgan fingerprint density at radius 1 is 1.07 bits per heavy atom. The van der Waals surface area contributed by atoms with Crippen molar-refractivity contribution in [2.24, 2.45) is 0 Å². The van der Waals surface area contributed by atoms with Crippen molar-refractivity contribution in [2.45, 2.75) is 0 Å². The normalized spacial score (nSPS) is 14.8. The van der Waals surface area contributed by atoms with Crippen molar-refractivity contribution in [2.75, 3.05) is 39.3 Å². The summed E-state index contributed by atoms with van der Waals surface area (Å²) in [5, 5.41) is 11.7. The molecule has 2 heterocycles.